The van der Waals surface area contributed by atoms with Gasteiger partial charge in [-0.05, 0) is 37.1 Å². The maximum absolute atomic E-state index is 12.8. The lowest BCUT2D eigenvalue weighted by Crippen LogP contribution is -2.57. The Kier molecular flexibility index (Phi) is 5.58. The van der Waals surface area contributed by atoms with E-state index in [-0.39, 0.29) is 17.9 Å². The van der Waals surface area contributed by atoms with E-state index in [1.165, 1.54) is 6.92 Å². The molecule has 1 saturated carbocycles. The van der Waals surface area contributed by atoms with Crippen LogP contribution in [0, 0.1) is 0 Å². The second-order valence-electron chi connectivity index (χ2n) is 6.91. The van der Waals surface area contributed by atoms with Gasteiger partial charge in [-0.2, -0.15) is 0 Å². The summed E-state index contributed by atoms with van der Waals surface area (Å²) in [6.45, 7) is 2.82. The Morgan fingerprint density at radius 2 is 1.88 bits per heavy atom. The van der Waals surface area contributed by atoms with Gasteiger partial charge >= 0.3 is 0 Å². The van der Waals surface area contributed by atoms with Gasteiger partial charge in [-0.1, -0.05) is 19.3 Å². The summed E-state index contributed by atoms with van der Waals surface area (Å²) in [5, 5.41) is 5.83. The Labute approximate surface area is 148 Å². The van der Waals surface area contributed by atoms with Crippen molar-refractivity contribution in [2.45, 2.75) is 57.1 Å². The van der Waals surface area contributed by atoms with Crippen molar-refractivity contribution in [2.24, 2.45) is 0 Å². The van der Waals surface area contributed by atoms with Gasteiger partial charge in [0.15, 0.2) is 0 Å². The van der Waals surface area contributed by atoms with Crippen molar-refractivity contribution in [1.82, 2.24) is 5.32 Å². The molecule has 1 aliphatic heterocycles. The molecule has 1 aromatic rings. The number of ether oxygens (including phenoxy) is 2. The van der Waals surface area contributed by atoms with Crippen LogP contribution in [0.15, 0.2) is 24.3 Å². The largest absolute Gasteiger partial charge is 0.488 e. The van der Waals surface area contributed by atoms with Crippen LogP contribution in [0.5, 0.6) is 5.75 Å². The van der Waals surface area contributed by atoms with Crippen molar-refractivity contribution in [3.63, 3.8) is 0 Å². The Hall–Kier alpha value is -2.08. The Morgan fingerprint density at radius 1 is 1.16 bits per heavy atom. The second kappa shape index (κ2) is 7.87. The molecule has 1 aliphatic carbocycles. The molecule has 1 aromatic carbocycles. The minimum atomic E-state index is -0.791. The molecule has 0 aromatic heterocycles. The zero-order chi connectivity index (χ0) is 17.7. The molecule has 0 radical (unpaired) electrons. The fourth-order valence-electron chi connectivity index (χ4n) is 3.57. The predicted octanol–water partition coefficient (Wildman–Crippen LogP) is 2.63. The molecule has 1 saturated heterocycles. The van der Waals surface area contributed by atoms with Crippen molar-refractivity contribution in [2.75, 3.05) is 18.5 Å². The van der Waals surface area contributed by atoms with E-state index < -0.39 is 5.54 Å². The normalized spacial score (nSPS) is 22.2. The summed E-state index contributed by atoms with van der Waals surface area (Å²) in [5.41, 5.74) is -0.0872. The molecule has 136 valence electrons. The fraction of sp³-hybridized carbons (Fsp3) is 0.579. The van der Waals surface area contributed by atoms with Gasteiger partial charge in [0.1, 0.15) is 17.4 Å². The van der Waals surface area contributed by atoms with E-state index in [2.05, 4.69) is 10.6 Å². The number of hydrogen-bond donors (Lipinski definition) is 2. The van der Waals surface area contributed by atoms with Crippen LogP contribution in [0.1, 0.15) is 45.4 Å². The minimum Gasteiger partial charge on any atom is -0.488 e. The van der Waals surface area contributed by atoms with Crippen LogP contribution in [-0.2, 0) is 14.3 Å². The number of anilines is 1. The van der Waals surface area contributed by atoms with Crippen molar-refractivity contribution >= 4 is 17.5 Å². The highest BCUT2D eigenvalue weighted by atomic mass is 16.5. The number of carbonyl (C=O) groups excluding carboxylic acids is 2. The standard InChI is InChI=1S/C19H26N2O4/c1-14(22)21-19(10-3-2-4-11-19)18(23)20-15-5-7-16(8-6-15)25-17-9-12-24-13-17/h5-8,17H,2-4,9-13H2,1H3,(H,20,23)(H,21,22). The monoisotopic (exact) mass is 346 g/mol. The summed E-state index contributed by atoms with van der Waals surface area (Å²) in [6.07, 6.45) is 5.37. The highest BCUT2D eigenvalue weighted by Crippen LogP contribution is 2.30. The molecule has 6 nitrogen and oxygen atoms in total. The summed E-state index contributed by atoms with van der Waals surface area (Å²) in [6, 6.07) is 7.35. The first-order chi connectivity index (χ1) is 12.1. The Bertz CT molecular complexity index is 602. The molecular formula is C19H26N2O4. The van der Waals surface area contributed by atoms with Crippen LogP contribution < -0.4 is 15.4 Å². The molecule has 2 aliphatic rings. The second-order valence-corrected chi connectivity index (χ2v) is 6.91. The van der Waals surface area contributed by atoms with E-state index in [4.69, 9.17) is 9.47 Å². The number of carbonyl (C=O) groups is 2. The van der Waals surface area contributed by atoms with Crippen LogP contribution in [0.4, 0.5) is 5.69 Å². The highest BCUT2D eigenvalue weighted by molar-refractivity contribution is 6.00. The molecule has 1 heterocycles. The topological polar surface area (TPSA) is 76.7 Å². The van der Waals surface area contributed by atoms with Crippen molar-refractivity contribution in [3.8, 4) is 5.75 Å². The molecule has 1 unspecified atom stereocenters. The van der Waals surface area contributed by atoms with E-state index in [0.29, 0.717) is 25.1 Å². The van der Waals surface area contributed by atoms with Crippen LogP contribution in [0.3, 0.4) is 0 Å². The molecule has 25 heavy (non-hydrogen) atoms. The first kappa shape index (κ1) is 17.7. The van der Waals surface area contributed by atoms with Crippen molar-refractivity contribution < 1.29 is 19.1 Å². The smallest absolute Gasteiger partial charge is 0.250 e. The number of amides is 2. The summed E-state index contributed by atoms with van der Waals surface area (Å²) in [5.74, 6) is 0.461. The summed E-state index contributed by atoms with van der Waals surface area (Å²) < 4.78 is 11.1. The molecule has 6 heteroatoms. The van der Waals surface area contributed by atoms with E-state index in [9.17, 15) is 9.59 Å². The van der Waals surface area contributed by atoms with Crippen LogP contribution in [0.25, 0.3) is 0 Å². The third-order valence-corrected chi connectivity index (χ3v) is 4.86. The highest BCUT2D eigenvalue weighted by Gasteiger charge is 2.40. The quantitative estimate of drug-likeness (QED) is 0.859. The van der Waals surface area contributed by atoms with Gasteiger partial charge in [0, 0.05) is 19.0 Å². The Morgan fingerprint density at radius 3 is 2.48 bits per heavy atom. The number of benzene rings is 1. The molecule has 2 amide bonds. The first-order valence-electron chi connectivity index (χ1n) is 9.02. The van der Waals surface area contributed by atoms with Gasteiger partial charge in [-0.3, -0.25) is 9.59 Å². The number of nitrogens with one attached hydrogen (secondary N) is 2. The lowest BCUT2D eigenvalue weighted by molar-refractivity contribution is -0.130. The SMILES string of the molecule is CC(=O)NC1(C(=O)Nc2ccc(OC3CCOC3)cc2)CCCCC1. The van der Waals surface area contributed by atoms with E-state index >= 15 is 0 Å². The molecule has 2 N–H and O–H groups in total. The van der Waals surface area contributed by atoms with E-state index in [1.54, 1.807) is 0 Å². The maximum Gasteiger partial charge on any atom is 0.250 e. The van der Waals surface area contributed by atoms with E-state index in [1.807, 2.05) is 24.3 Å². The molecular weight excluding hydrogens is 320 g/mol. The van der Waals surface area contributed by atoms with Gasteiger partial charge in [0.25, 0.3) is 0 Å². The first-order valence-corrected chi connectivity index (χ1v) is 9.02. The number of rotatable bonds is 5. The average Bonchev–Trinajstić information content (AvgIpc) is 3.10. The van der Waals surface area contributed by atoms with Crippen LogP contribution >= 0.6 is 0 Å². The van der Waals surface area contributed by atoms with Crippen molar-refractivity contribution in [3.05, 3.63) is 24.3 Å². The zero-order valence-corrected chi connectivity index (χ0v) is 14.7. The summed E-state index contributed by atoms with van der Waals surface area (Å²) >= 11 is 0. The van der Waals surface area contributed by atoms with Gasteiger partial charge < -0.3 is 20.1 Å². The molecule has 1 atom stereocenters. The maximum atomic E-state index is 12.8. The lowest BCUT2D eigenvalue weighted by Gasteiger charge is -2.36. The molecule has 0 spiro atoms. The molecule has 3 rings (SSSR count). The predicted molar refractivity (Wildman–Crippen MR) is 94.6 cm³/mol. The number of hydrogen-bond acceptors (Lipinski definition) is 4. The Balaban J connectivity index is 1.63. The summed E-state index contributed by atoms with van der Waals surface area (Å²) in [7, 11) is 0. The van der Waals surface area contributed by atoms with E-state index in [0.717, 1.165) is 38.0 Å². The van der Waals surface area contributed by atoms with Gasteiger partial charge in [0.2, 0.25) is 11.8 Å². The van der Waals surface area contributed by atoms with Gasteiger partial charge in [-0.15, -0.1) is 0 Å². The summed E-state index contributed by atoms with van der Waals surface area (Å²) in [4.78, 5) is 24.4. The third kappa shape index (κ3) is 4.51. The zero-order valence-electron chi connectivity index (χ0n) is 14.7. The van der Waals surface area contributed by atoms with Gasteiger partial charge in [0.05, 0.1) is 13.2 Å². The third-order valence-electron chi connectivity index (χ3n) is 4.86. The fourth-order valence-corrected chi connectivity index (χ4v) is 3.57. The average molecular weight is 346 g/mol. The lowest BCUT2D eigenvalue weighted by atomic mass is 9.80. The van der Waals surface area contributed by atoms with Gasteiger partial charge in [-0.25, -0.2) is 0 Å². The molecule has 2 fully saturated rings. The van der Waals surface area contributed by atoms with Crippen LogP contribution in [-0.4, -0.2) is 36.7 Å². The molecule has 0 bridgehead atoms. The van der Waals surface area contributed by atoms with Crippen molar-refractivity contribution in [1.29, 1.82) is 0 Å². The minimum absolute atomic E-state index is 0.103. The van der Waals surface area contributed by atoms with Crippen LogP contribution in [0.2, 0.25) is 0 Å².